The maximum atomic E-state index is 12.6. The topological polar surface area (TPSA) is 87.7 Å². The van der Waals surface area contributed by atoms with E-state index in [1.54, 1.807) is 36.0 Å². The van der Waals surface area contributed by atoms with Gasteiger partial charge in [0.2, 0.25) is 0 Å². The average molecular weight is 490 g/mol. The minimum atomic E-state index is -0.881. The molecule has 1 atom stereocenters. The van der Waals surface area contributed by atoms with E-state index < -0.39 is 30.4 Å². The van der Waals surface area contributed by atoms with Crippen LogP contribution in [0, 0.1) is 0 Å². The van der Waals surface area contributed by atoms with E-state index in [9.17, 15) is 14.4 Å². The van der Waals surface area contributed by atoms with Gasteiger partial charge in [-0.15, -0.1) is 0 Å². The first kappa shape index (κ1) is 24.9. The fraction of sp³-hybridized carbons (Fsp3) is 0.375. The molecule has 1 fully saturated rings. The summed E-state index contributed by atoms with van der Waals surface area (Å²) in [4.78, 5) is 39.7. The van der Waals surface area contributed by atoms with Crippen molar-refractivity contribution in [2.24, 2.45) is 0 Å². The number of esters is 1. The summed E-state index contributed by atoms with van der Waals surface area (Å²) in [6, 6.07) is 13.3. The number of nitrogens with zero attached hydrogens (tertiary/aromatic N) is 1. The summed E-state index contributed by atoms with van der Waals surface area (Å²) in [5.41, 5.74) is 2.03. The molecule has 0 radical (unpaired) electrons. The molecule has 7 nitrogen and oxygen atoms in total. The van der Waals surface area contributed by atoms with Crippen LogP contribution < -0.4 is 15.5 Å². The van der Waals surface area contributed by atoms with Crippen LogP contribution in [0.2, 0.25) is 5.02 Å². The number of carbonyl (C=O) groups excluding carboxylic acids is 3. The van der Waals surface area contributed by atoms with E-state index in [-0.39, 0.29) is 5.56 Å². The van der Waals surface area contributed by atoms with Crippen molar-refractivity contribution in [2.75, 3.05) is 41.9 Å². The smallest absolute Gasteiger partial charge is 0.329 e. The number of carbonyl (C=O) groups is 3. The van der Waals surface area contributed by atoms with Crippen molar-refractivity contribution in [1.29, 1.82) is 0 Å². The van der Waals surface area contributed by atoms with E-state index in [0.29, 0.717) is 22.9 Å². The monoisotopic (exact) mass is 489 g/mol. The van der Waals surface area contributed by atoms with E-state index in [2.05, 4.69) is 15.5 Å². The lowest BCUT2D eigenvalue weighted by atomic mass is 10.1. The van der Waals surface area contributed by atoms with Gasteiger partial charge in [0.05, 0.1) is 10.6 Å². The molecule has 2 N–H and O–H groups in total. The quantitative estimate of drug-likeness (QED) is 0.491. The molecule has 3 rings (SSSR count). The van der Waals surface area contributed by atoms with Gasteiger partial charge in [-0.05, 0) is 67.7 Å². The van der Waals surface area contributed by atoms with Crippen molar-refractivity contribution < 1.29 is 19.1 Å². The Bertz CT molecular complexity index is 964. The molecule has 0 spiro atoms. The molecule has 176 valence electrons. The molecular formula is C24H28ClN3O4S. The van der Waals surface area contributed by atoms with Crippen molar-refractivity contribution in [3.63, 3.8) is 0 Å². The van der Waals surface area contributed by atoms with E-state index in [4.69, 9.17) is 16.3 Å². The zero-order chi connectivity index (χ0) is 23.6. The van der Waals surface area contributed by atoms with E-state index in [0.717, 1.165) is 18.8 Å². The SMILES string of the molecule is CSCCC(NC(=O)c1ccccc1Cl)C(=O)OCC(=O)Nc1ccc(N2CCCC2)cc1. The Morgan fingerprint density at radius 1 is 1.09 bits per heavy atom. The molecule has 1 unspecified atom stereocenters. The fourth-order valence-electron chi connectivity index (χ4n) is 3.53. The predicted molar refractivity (Wildman–Crippen MR) is 133 cm³/mol. The Hall–Kier alpha value is -2.71. The van der Waals surface area contributed by atoms with E-state index in [1.807, 2.05) is 30.5 Å². The van der Waals surface area contributed by atoms with Crippen LogP contribution in [-0.4, -0.2) is 55.5 Å². The normalized spacial score (nSPS) is 13.9. The molecule has 33 heavy (non-hydrogen) atoms. The van der Waals surface area contributed by atoms with Crippen LogP contribution in [-0.2, 0) is 14.3 Å². The van der Waals surface area contributed by atoms with Gasteiger partial charge in [-0.3, -0.25) is 9.59 Å². The summed E-state index contributed by atoms with van der Waals surface area (Å²) < 4.78 is 5.19. The Kier molecular flexibility index (Phi) is 9.45. The lowest BCUT2D eigenvalue weighted by molar-refractivity contribution is -0.149. The zero-order valence-electron chi connectivity index (χ0n) is 18.5. The van der Waals surface area contributed by atoms with Crippen molar-refractivity contribution in [2.45, 2.75) is 25.3 Å². The zero-order valence-corrected chi connectivity index (χ0v) is 20.1. The molecule has 2 aromatic carbocycles. The summed E-state index contributed by atoms with van der Waals surface area (Å²) in [6.07, 6.45) is 4.66. The number of anilines is 2. The third-order valence-corrected chi connectivity index (χ3v) is 6.26. The van der Waals surface area contributed by atoms with Crippen LogP contribution in [0.5, 0.6) is 0 Å². The first-order chi connectivity index (χ1) is 16.0. The number of rotatable bonds is 10. The minimum absolute atomic E-state index is 0.274. The highest BCUT2D eigenvalue weighted by atomic mass is 35.5. The second kappa shape index (κ2) is 12.5. The average Bonchev–Trinajstić information content (AvgIpc) is 3.36. The second-order valence-electron chi connectivity index (χ2n) is 7.68. The largest absolute Gasteiger partial charge is 0.454 e. The van der Waals surface area contributed by atoms with Crippen molar-refractivity contribution in [3.05, 3.63) is 59.1 Å². The maximum Gasteiger partial charge on any atom is 0.329 e. The molecular weight excluding hydrogens is 462 g/mol. The number of amides is 2. The van der Waals surface area contributed by atoms with Crippen LogP contribution in [0.15, 0.2) is 48.5 Å². The van der Waals surface area contributed by atoms with Gasteiger partial charge < -0.3 is 20.3 Å². The molecule has 2 amide bonds. The molecule has 1 saturated heterocycles. The number of ether oxygens (including phenoxy) is 1. The summed E-state index contributed by atoms with van der Waals surface area (Å²) in [5, 5.41) is 5.69. The molecule has 0 saturated carbocycles. The molecule has 9 heteroatoms. The van der Waals surface area contributed by atoms with E-state index >= 15 is 0 Å². The predicted octanol–water partition coefficient (Wildman–Crippen LogP) is 3.97. The molecule has 2 aromatic rings. The Labute approximate surface area is 203 Å². The van der Waals surface area contributed by atoms with Crippen LogP contribution in [0.25, 0.3) is 0 Å². The summed E-state index contributed by atoms with van der Waals surface area (Å²) in [6.45, 7) is 1.66. The van der Waals surface area contributed by atoms with Gasteiger partial charge in [0.25, 0.3) is 11.8 Å². The Morgan fingerprint density at radius 3 is 2.45 bits per heavy atom. The van der Waals surface area contributed by atoms with Gasteiger partial charge >= 0.3 is 5.97 Å². The highest BCUT2D eigenvalue weighted by molar-refractivity contribution is 7.98. The van der Waals surface area contributed by atoms with Gasteiger partial charge in [0, 0.05) is 24.5 Å². The molecule has 0 aliphatic carbocycles. The van der Waals surface area contributed by atoms with Crippen LogP contribution in [0.3, 0.4) is 0 Å². The van der Waals surface area contributed by atoms with Gasteiger partial charge in [-0.2, -0.15) is 11.8 Å². The van der Waals surface area contributed by atoms with Gasteiger partial charge in [-0.25, -0.2) is 4.79 Å². The lowest BCUT2D eigenvalue weighted by Gasteiger charge is -2.18. The highest BCUT2D eigenvalue weighted by Gasteiger charge is 2.24. The third-order valence-electron chi connectivity index (χ3n) is 5.29. The second-order valence-corrected chi connectivity index (χ2v) is 9.08. The number of benzene rings is 2. The number of hydrogen-bond acceptors (Lipinski definition) is 6. The number of nitrogens with one attached hydrogen (secondary N) is 2. The molecule has 0 aromatic heterocycles. The maximum absolute atomic E-state index is 12.6. The fourth-order valence-corrected chi connectivity index (χ4v) is 4.22. The van der Waals surface area contributed by atoms with Gasteiger partial charge in [-0.1, -0.05) is 23.7 Å². The number of thioether (sulfide) groups is 1. The van der Waals surface area contributed by atoms with E-state index in [1.165, 1.54) is 12.8 Å². The summed E-state index contributed by atoms with van der Waals surface area (Å²) in [7, 11) is 0. The van der Waals surface area contributed by atoms with Crippen molar-refractivity contribution in [1.82, 2.24) is 5.32 Å². The minimum Gasteiger partial charge on any atom is -0.454 e. The van der Waals surface area contributed by atoms with Gasteiger partial charge in [0.1, 0.15) is 6.04 Å². The van der Waals surface area contributed by atoms with Crippen molar-refractivity contribution in [3.8, 4) is 0 Å². The van der Waals surface area contributed by atoms with Gasteiger partial charge in [0.15, 0.2) is 6.61 Å². The van der Waals surface area contributed by atoms with Crippen molar-refractivity contribution >= 4 is 52.5 Å². The Morgan fingerprint density at radius 2 is 1.79 bits per heavy atom. The number of hydrogen-bond donors (Lipinski definition) is 2. The standard InChI is InChI=1S/C24H28ClN3O4S/c1-33-15-12-21(27-23(30)19-6-2-3-7-20(19)25)24(31)32-16-22(29)26-17-8-10-18(11-9-17)28-13-4-5-14-28/h2-3,6-11,21H,4-5,12-16H2,1H3,(H,26,29)(H,27,30). The molecule has 1 aliphatic heterocycles. The highest BCUT2D eigenvalue weighted by Crippen LogP contribution is 2.22. The first-order valence-electron chi connectivity index (χ1n) is 10.8. The summed E-state index contributed by atoms with van der Waals surface area (Å²) in [5.74, 6) is -0.938. The molecule has 0 bridgehead atoms. The first-order valence-corrected chi connectivity index (χ1v) is 12.6. The Balaban J connectivity index is 1.51. The lowest BCUT2D eigenvalue weighted by Crippen LogP contribution is -2.43. The van der Waals surface area contributed by atoms with Crippen LogP contribution in [0.1, 0.15) is 29.6 Å². The molecule has 1 heterocycles. The third kappa shape index (κ3) is 7.40. The number of halogens is 1. The molecule has 1 aliphatic rings. The summed E-state index contributed by atoms with van der Waals surface area (Å²) >= 11 is 7.62. The van der Waals surface area contributed by atoms with Crippen LogP contribution in [0.4, 0.5) is 11.4 Å². The van der Waals surface area contributed by atoms with Crippen LogP contribution >= 0.6 is 23.4 Å².